The highest BCUT2D eigenvalue weighted by Gasteiger charge is 2.25. The Morgan fingerprint density at radius 1 is 0.620 bits per heavy atom. The molecule has 2 heterocycles. The highest BCUT2D eigenvalue weighted by Crippen LogP contribution is 2.28. The lowest BCUT2D eigenvalue weighted by Gasteiger charge is -2.14. The molecule has 2 amide bonds. The minimum Gasteiger partial charge on any atom is -0.384 e. The van der Waals surface area contributed by atoms with Crippen LogP contribution in [0.5, 0.6) is 0 Å². The maximum Gasteiger partial charge on any atom is 0.320 e. The minimum absolute atomic E-state index is 0.00463. The fourth-order valence-corrected chi connectivity index (χ4v) is 7.79. The molecule has 0 unspecified atom stereocenters. The highest BCUT2D eigenvalue weighted by atomic mass is 16.2. The number of anilines is 3. The number of hydrogen-bond acceptors (Lipinski definition) is 8. The molecule has 0 fully saturated rings. The molecular formula is C59H74N10O2. The summed E-state index contributed by atoms with van der Waals surface area (Å²) in [6.45, 7) is 20.5. The van der Waals surface area contributed by atoms with Gasteiger partial charge in [-0.25, -0.2) is 14.2 Å². The first-order chi connectivity index (χ1) is 33.7. The van der Waals surface area contributed by atoms with E-state index in [0.29, 0.717) is 11.6 Å². The van der Waals surface area contributed by atoms with Gasteiger partial charge in [-0.1, -0.05) is 172 Å². The van der Waals surface area contributed by atoms with Crippen LogP contribution < -0.4 is 27.6 Å². The molecule has 71 heavy (non-hydrogen) atoms. The zero-order chi connectivity index (χ0) is 51.8. The Morgan fingerprint density at radius 2 is 1.03 bits per heavy atom. The Labute approximate surface area is 421 Å². The van der Waals surface area contributed by atoms with Crippen molar-refractivity contribution in [1.82, 2.24) is 24.9 Å². The van der Waals surface area contributed by atoms with E-state index in [1.807, 2.05) is 142 Å². The lowest BCUT2D eigenvalue weighted by molar-refractivity contribution is -0.125. The molecule has 0 saturated heterocycles. The van der Waals surface area contributed by atoms with Crippen LogP contribution >= 0.6 is 0 Å². The molecule has 12 nitrogen and oxygen atoms in total. The van der Waals surface area contributed by atoms with E-state index in [1.165, 1.54) is 24.0 Å². The van der Waals surface area contributed by atoms with E-state index in [0.717, 1.165) is 47.2 Å². The number of benzene rings is 5. The van der Waals surface area contributed by atoms with Crippen molar-refractivity contribution in [1.29, 1.82) is 5.26 Å². The van der Waals surface area contributed by atoms with Crippen LogP contribution in [0, 0.1) is 22.7 Å². The average molecular weight is 955 g/mol. The summed E-state index contributed by atoms with van der Waals surface area (Å²) in [6, 6.07) is 52.2. The number of Topliss-reactive ketones (excluding diaryl/α,β-unsaturated/α-hetero) is 1. The Morgan fingerprint density at radius 3 is 1.42 bits per heavy atom. The summed E-state index contributed by atoms with van der Waals surface area (Å²) in [5.74, 6) is 7.32. The molecule has 0 atom stereocenters. The van der Waals surface area contributed by atoms with Crippen LogP contribution in [0.3, 0.4) is 0 Å². The summed E-state index contributed by atoms with van der Waals surface area (Å²) < 4.78 is 3.57. The lowest BCUT2D eigenvalue weighted by atomic mass is 9.89. The Bertz CT molecular complexity index is 2760. The number of amides is 2. The van der Waals surface area contributed by atoms with Crippen LogP contribution in [0.4, 0.5) is 22.1 Å². The summed E-state index contributed by atoms with van der Waals surface area (Å²) in [4.78, 5) is 23.5. The van der Waals surface area contributed by atoms with Crippen LogP contribution in [0.25, 0.3) is 11.4 Å². The molecule has 9 rings (SSSR count). The molecule has 2 aliphatic carbocycles. The van der Waals surface area contributed by atoms with Crippen molar-refractivity contribution in [2.75, 3.05) is 16.5 Å². The highest BCUT2D eigenvalue weighted by molar-refractivity contribution is 5.89. The second-order valence-electron chi connectivity index (χ2n) is 21.1. The monoisotopic (exact) mass is 955 g/mol. The van der Waals surface area contributed by atoms with Crippen molar-refractivity contribution in [3.63, 3.8) is 0 Å². The first-order valence-electron chi connectivity index (χ1n) is 24.4. The zero-order valence-electron chi connectivity index (χ0n) is 43.3. The number of nitriles is 1. The van der Waals surface area contributed by atoms with E-state index in [-0.39, 0.29) is 40.5 Å². The van der Waals surface area contributed by atoms with Crippen molar-refractivity contribution in [3.8, 4) is 17.4 Å². The number of fused-ring (bicyclic) bond motifs is 2. The Hall–Kier alpha value is -7.49. The number of urea groups is 1. The van der Waals surface area contributed by atoms with Gasteiger partial charge in [0.25, 0.3) is 0 Å². The van der Waals surface area contributed by atoms with Crippen LogP contribution in [0.15, 0.2) is 152 Å². The third kappa shape index (κ3) is 16.6. The first kappa shape index (κ1) is 54.5. The number of hydrogen-bond donors (Lipinski definition) is 5. The fourth-order valence-electron chi connectivity index (χ4n) is 7.79. The van der Waals surface area contributed by atoms with Gasteiger partial charge in [-0.2, -0.15) is 15.5 Å². The van der Waals surface area contributed by atoms with Crippen molar-refractivity contribution < 1.29 is 9.59 Å². The summed E-state index contributed by atoms with van der Waals surface area (Å²) in [6.07, 6.45) is 4.35. The lowest BCUT2D eigenvalue weighted by Crippen LogP contribution is -2.38. The second kappa shape index (κ2) is 24.9. The van der Waals surface area contributed by atoms with Gasteiger partial charge >= 0.3 is 6.03 Å². The standard InChI is InChI=1S/C23H26N4O.C13H17N3.C10H12.C7H11NO.C6H8N2/c1-23(2,3)20-15-21(27(26-20)19-11-5-4-6-12-19)25-22(28)24-18-13-16-9-7-8-10-17(16)14-18;1-13(2,3)11-9-12(14)16(15-11)10-7-5-4-6-8-10;1-8-6-9-4-2-3-5-10(9)7-8;1-7(2,3)6(9)4-5-8;7-8-6-4-2-1-3-5-6/h4-12,15,18H,13-14H2,1-3H3,(H2,24,25,28);4-9H,14H2,1-3H3;2-5,8H,6-7H2,1H3;4H2,1-3H3;1-5,8H,7H2. The number of nitrogens with two attached hydrogens (primary N) is 2. The van der Waals surface area contributed by atoms with Gasteiger partial charge in [-0.3, -0.25) is 16.0 Å². The number of nitrogens with zero attached hydrogens (tertiary/aromatic N) is 5. The molecule has 0 radical (unpaired) electrons. The third-order valence-corrected chi connectivity index (χ3v) is 11.9. The fraction of sp³-hybridized carbons (Fsp3) is 0.339. The maximum absolute atomic E-state index is 12.7. The van der Waals surface area contributed by atoms with Gasteiger partial charge in [-0.15, -0.1) is 0 Å². The molecule has 7 aromatic rings. The maximum atomic E-state index is 12.7. The molecule has 12 heteroatoms. The molecular weight excluding hydrogens is 881 g/mol. The predicted octanol–water partition coefficient (Wildman–Crippen LogP) is 12.1. The van der Waals surface area contributed by atoms with Crippen molar-refractivity contribution in [2.24, 2.45) is 17.2 Å². The van der Waals surface area contributed by atoms with E-state index < -0.39 is 0 Å². The molecule has 372 valence electrons. The van der Waals surface area contributed by atoms with Gasteiger partial charge in [0.15, 0.2) is 5.78 Å². The van der Waals surface area contributed by atoms with Crippen LogP contribution in [0.1, 0.15) is 109 Å². The second-order valence-corrected chi connectivity index (χ2v) is 21.1. The van der Waals surface area contributed by atoms with Crippen LogP contribution in [-0.4, -0.2) is 37.4 Å². The number of nitrogens with one attached hydrogen (secondary N) is 3. The van der Waals surface area contributed by atoms with Gasteiger partial charge in [0.1, 0.15) is 11.6 Å². The third-order valence-electron chi connectivity index (χ3n) is 11.9. The van der Waals surface area contributed by atoms with Crippen molar-refractivity contribution in [2.45, 2.75) is 118 Å². The van der Waals surface area contributed by atoms with E-state index in [4.69, 9.17) is 21.9 Å². The Balaban J connectivity index is 0.000000183. The number of carbonyl (C=O) groups is 2. The quantitative estimate of drug-likeness (QED) is 0.0806. The average Bonchev–Trinajstić information content (AvgIpc) is 4.15. The van der Waals surface area contributed by atoms with Crippen LogP contribution in [0.2, 0.25) is 0 Å². The van der Waals surface area contributed by atoms with Gasteiger partial charge in [0.05, 0.1) is 35.3 Å². The molecule has 2 aromatic heterocycles. The largest absolute Gasteiger partial charge is 0.384 e. The summed E-state index contributed by atoms with van der Waals surface area (Å²) in [5, 5.41) is 23.5. The number of nitrogen functional groups attached to an aromatic ring is 2. The zero-order valence-corrected chi connectivity index (χ0v) is 43.3. The number of rotatable bonds is 6. The predicted molar refractivity (Wildman–Crippen MR) is 291 cm³/mol. The van der Waals surface area contributed by atoms with Crippen LogP contribution in [-0.2, 0) is 41.3 Å². The molecule has 0 spiro atoms. The van der Waals surface area contributed by atoms with E-state index in [2.05, 4.69) is 106 Å². The van der Waals surface area contributed by atoms with Gasteiger partial charge in [0, 0.05) is 40.1 Å². The minimum atomic E-state index is -0.351. The molecule has 0 aliphatic heterocycles. The SMILES string of the molecule is CC(C)(C)C(=O)CC#N.CC(C)(C)c1cc(N)n(-c2ccccc2)n1.CC(C)(C)c1cc(NC(=O)NC2Cc3ccccc3C2)n(-c2ccccc2)n1.CC1Cc2ccccc2C1.NNc1ccccc1. The number of aromatic nitrogens is 4. The normalized spacial score (nSPS) is 12.9. The molecule has 0 bridgehead atoms. The number of para-hydroxylation sites is 3. The smallest absolute Gasteiger partial charge is 0.320 e. The van der Waals surface area contributed by atoms with Gasteiger partial charge in [0.2, 0.25) is 0 Å². The molecule has 0 saturated carbocycles. The molecule has 5 aromatic carbocycles. The topological polar surface area (TPSA) is 182 Å². The van der Waals surface area contributed by atoms with E-state index in [9.17, 15) is 9.59 Å². The first-order valence-corrected chi connectivity index (χ1v) is 24.4. The van der Waals surface area contributed by atoms with Crippen molar-refractivity contribution >= 4 is 29.1 Å². The van der Waals surface area contributed by atoms with Gasteiger partial charge in [-0.05, 0) is 90.3 Å². The number of ketones is 1. The van der Waals surface area contributed by atoms with Crippen molar-refractivity contribution in [3.05, 3.63) is 185 Å². The van der Waals surface area contributed by atoms with E-state index in [1.54, 1.807) is 20.5 Å². The molecule has 2 aliphatic rings. The number of carbonyl (C=O) groups excluding carboxylic acids is 2. The summed E-state index contributed by atoms with van der Waals surface area (Å²) in [7, 11) is 0. The molecule has 7 N–H and O–H groups in total. The summed E-state index contributed by atoms with van der Waals surface area (Å²) >= 11 is 0. The van der Waals surface area contributed by atoms with E-state index >= 15 is 0 Å². The van der Waals surface area contributed by atoms with Gasteiger partial charge < -0.3 is 16.5 Å². The Kier molecular flexibility index (Phi) is 19.1. The summed E-state index contributed by atoms with van der Waals surface area (Å²) in [5.41, 5.74) is 18.6. The number of hydrazine groups is 1.